The van der Waals surface area contributed by atoms with Gasteiger partial charge in [-0.1, -0.05) is 12.1 Å². The Morgan fingerprint density at radius 2 is 2.13 bits per heavy atom. The molecule has 2 N–H and O–H groups in total. The lowest BCUT2D eigenvalue weighted by Gasteiger charge is -2.25. The van der Waals surface area contributed by atoms with Crippen molar-refractivity contribution in [1.82, 2.24) is 0 Å². The molecule has 1 aromatic rings. The molecule has 1 aliphatic rings. The van der Waals surface area contributed by atoms with Gasteiger partial charge < -0.3 is 15.4 Å². The maximum atomic E-state index is 6.02. The Labute approximate surface area is 90.8 Å². The normalized spacial score (nSPS) is 17.5. The second-order valence-corrected chi connectivity index (χ2v) is 3.97. The van der Waals surface area contributed by atoms with Crippen molar-refractivity contribution in [2.45, 2.75) is 13.3 Å². The van der Waals surface area contributed by atoms with E-state index in [9.17, 15) is 0 Å². The van der Waals surface area contributed by atoms with Gasteiger partial charge in [0, 0.05) is 19.7 Å². The quantitative estimate of drug-likeness (QED) is 0.712. The molecule has 0 saturated carbocycles. The summed E-state index contributed by atoms with van der Waals surface area (Å²) < 4.78 is 5.44. The fourth-order valence-electron chi connectivity index (χ4n) is 2.08. The molecule has 82 valence electrons. The fourth-order valence-corrected chi connectivity index (χ4v) is 2.08. The monoisotopic (exact) mass is 206 g/mol. The van der Waals surface area contributed by atoms with Crippen molar-refractivity contribution in [1.29, 1.82) is 0 Å². The Balaban J connectivity index is 2.26. The molecule has 0 unspecified atom stereocenters. The molecule has 1 heterocycles. The largest absolute Gasteiger partial charge is 0.397 e. The van der Waals surface area contributed by atoms with E-state index in [2.05, 4.69) is 17.9 Å². The second-order valence-electron chi connectivity index (χ2n) is 3.97. The first-order valence-corrected chi connectivity index (χ1v) is 5.47. The van der Waals surface area contributed by atoms with E-state index < -0.39 is 0 Å². The van der Waals surface area contributed by atoms with Gasteiger partial charge in [-0.15, -0.1) is 0 Å². The van der Waals surface area contributed by atoms with Crippen molar-refractivity contribution < 1.29 is 4.74 Å². The summed E-state index contributed by atoms with van der Waals surface area (Å²) in [6.45, 7) is 5.75. The van der Waals surface area contributed by atoms with Crippen LogP contribution in [0.4, 0.5) is 11.4 Å². The highest BCUT2D eigenvalue weighted by Gasteiger charge is 2.14. The van der Waals surface area contributed by atoms with Gasteiger partial charge >= 0.3 is 0 Å². The summed E-state index contributed by atoms with van der Waals surface area (Å²) in [5.74, 6) is 0. The van der Waals surface area contributed by atoms with Crippen LogP contribution in [0.2, 0.25) is 0 Å². The van der Waals surface area contributed by atoms with Crippen molar-refractivity contribution in [2.75, 3.05) is 36.9 Å². The van der Waals surface area contributed by atoms with Gasteiger partial charge in [0.15, 0.2) is 0 Å². The Bertz CT molecular complexity index is 310. The Morgan fingerprint density at radius 1 is 1.27 bits per heavy atom. The molecule has 1 aliphatic heterocycles. The predicted molar refractivity (Wildman–Crippen MR) is 63.2 cm³/mol. The summed E-state index contributed by atoms with van der Waals surface area (Å²) in [5, 5.41) is 0. The highest BCUT2D eigenvalue weighted by Crippen LogP contribution is 2.27. The van der Waals surface area contributed by atoms with Crippen LogP contribution in [-0.2, 0) is 4.74 Å². The van der Waals surface area contributed by atoms with E-state index in [1.54, 1.807) is 0 Å². The Kier molecular flexibility index (Phi) is 3.11. The standard InChI is InChI=1S/C12H18N2O/c1-10-4-2-5-11(13)12(10)14-6-3-8-15-9-7-14/h2,4-5H,3,6-9,13H2,1H3. The maximum Gasteiger partial charge on any atom is 0.0641 e. The van der Waals surface area contributed by atoms with E-state index in [-0.39, 0.29) is 0 Å². The number of hydrogen-bond acceptors (Lipinski definition) is 3. The number of nitrogens with zero attached hydrogens (tertiary/aromatic N) is 1. The minimum Gasteiger partial charge on any atom is -0.397 e. The predicted octanol–water partition coefficient (Wildman–Crippen LogP) is 1.80. The van der Waals surface area contributed by atoms with Gasteiger partial charge in [-0.3, -0.25) is 0 Å². The number of anilines is 2. The number of rotatable bonds is 1. The van der Waals surface area contributed by atoms with E-state index in [4.69, 9.17) is 10.5 Å². The van der Waals surface area contributed by atoms with E-state index in [1.165, 1.54) is 11.3 Å². The Morgan fingerprint density at radius 3 is 2.93 bits per heavy atom. The molecule has 1 aromatic carbocycles. The van der Waals surface area contributed by atoms with Gasteiger partial charge in [0.25, 0.3) is 0 Å². The summed E-state index contributed by atoms with van der Waals surface area (Å²) >= 11 is 0. The van der Waals surface area contributed by atoms with Crippen LogP contribution < -0.4 is 10.6 Å². The Hall–Kier alpha value is -1.22. The highest BCUT2D eigenvalue weighted by molar-refractivity contribution is 5.71. The first-order valence-electron chi connectivity index (χ1n) is 5.47. The zero-order valence-corrected chi connectivity index (χ0v) is 9.20. The number of benzene rings is 1. The van der Waals surface area contributed by atoms with Gasteiger partial charge in [-0.25, -0.2) is 0 Å². The van der Waals surface area contributed by atoms with Crippen LogP contribution in [0.5, 0.6) is 0 Å². The van der Waals surface area contributed by atoms with E-state index in [1.807, 2.05) is 12.1 Å². The molecule has 0 amide bonds. The zero-order valence-electron chi connectivity index (χ0n) is 9.20. The summed E-state index contributed by atoms with van der Waals surface area (Å²) in [4.78, 5) is 2.33. The first kappa shape index (κ1) is 10.3. The van der Waals surface area contributed by atoms with Crippen LogP contribution in [-0.4, -0.2) is 26.3 Å². The molecular formula is C12H18N2O. The minimum absolute atomic E-state index is 0.799. The van der Waals surface area contributed by atoms with Gasteiger partial charge in [0.2, 0.25) is 0 Å². The van der Waals surface area contributed by atoms with Crippen molar-refractivity contribution in [3.05, 3.63) is 23.8 Å². The smallest absolute Gasteiger partial charge is 0.0641 e. The van der Waals surface area contributed by atoms with Gasteiger partial charge in [-0.05, 0) is 25.0 Å². The lowest BCUT2D eigenvalue weighted by molar-refractivity contribution is 0.152. The molecule has 3 nitrogen and oxygen atoms in total. The second kappa shape index (κ2) is 4.53. The highest BCUT2D eigenvalue weighted by atomic mass is 16.5. The van der Waals surface area contributed by atoms with Crippen LogP contribution in [0.1, 0.15) is 12.0 Å². The number of nitrogen functional groups attached to an aromatic ring is 1. The van der Waals surface area contributed by atoms with Crippen LogP contribution in [0.25, 0.3) is 0 Å². The van der Waals surface area contributed by atoms with Crippen LogP contribution in [0.3, 0.4) is 0 Å². The van der Waals surface area contributed by atoms with Crippen LogP contribution >= 0.6 is 0 Å². The zero-order chi connectivity index (χ0) is 10.7. The third kappa shape index (κ3) is 2.23. The van der Waals surface area contributed by atoms with Crippen LogP contribution in [0.15, 0.2) is 18.2 Å². The number of hydrogen-bond donors (Lipinski definition) is 1. The summed E-state index contributed by atoms with van der Waals surface area (Å²) in [6, 6.07) is 6.08. The van der Waals surface area contributed by atoms with Gasteiger partial charge in [-0.2, -0.15) is 0 Å². The number of nitrogens with two attached hydrogens (primary N) is 1. The lowest BCUT2D eigenvalue weighted by Crippen LogP contribution is -2.27. The molecule has 1 saturated heterocycles. The molecule has 0 bridgehead atoms. The van der Waals surface area contributed by atoms with Gasteiger partial charge in [0.05, 0.1) is 18.0 Å². The topological polar surface area (TPSA) is 38.5 Å². The molecule has 0 aromatic heterocycles. The first-order chi connectivity index (χ1) is 7.29. The molecule has 1 fully saturated rings. The van der Waals surface area contributed by atoms with Crippen molar-refractivity contribution in [3.8, 4) is 0 Å². The van der Waals surface area contributed by atoms with Gasteiger partial charge in [0.1, 0.15) is 0 Å². The molecule has 3 heteroatoms. The van der Waals surface area contributed by atoms with E-state index >= 15 is 0 Å². The average Bonchev–Trinajstić information content (AvgIpc) is 2.46. The fraction of sp³-hybridized carbons (Fsp3) is 0.500. The number of aryl methyl sites for hydroxylation is 1. The van der Waals surface area contributed by atoms with Crippen molar-refractivity contribution >= 4 is 11.4 Å². The number of ether oxygens (including phenoxy) is 1. The SMILES string of the molecule is Cc1cccc(N)c1N1CCCOCC1. The summed E-state index contributed by atoms with van der Waals surface area (Å²) in [7, 11) is 0. The molecule has 0 spiro atoms. The summed E-state index contributed by atoms with van der Waals surface area (Å²) in [6.07, 6.45) is 1.08. The van der Waals surface area contributed by atoms with Crippen molar-refractivity contribution in [3.63, 3.8) is 0 Å². The third-order valence-corrected chi connectivity index (χ3v) is 2.81. The average molecular weight is 206 g/mol. The minimum atomic E-state index is 0.799. The maximum absolute atomic E-state index is 6.02. The summed E-state index contributed by atoms with van der Waals surface area (Å²) in [5.41, 5.74) is 9.32. The van der Waals surface area contributed by atoms with E-state index in [0.29, 0.717) is 0 Å². The molecular weight excluding hydrogens is 188 g/mol. The van der Waals surface area contributed by atoms with Crippen LogP contribution in [0, 0.1) is 6.92 Å². The third-order valence-electron chi connectivity index (χ3n) is 2.81. The lowest BCUT2D eigenvalue weighted by atomic mass is 10.1. The number of para-hydroxylation sites is 1. The van der Waals surface area contributed by atoms with E-state index in [0.717, 1.165) is 38.4 Å². The molecule has 2 rings (SSSR count). The molecule has 0 atom stereocenters. The molecule has 15 heavy (non-hydrogen) atoms. The van der Waals surface area contributed by atoms with Crippen molar-refractivity contribution in [2.24, 2.45) is 0 Å². The molecule has 0 radical (unpaired) electrons. The molecule has 0 aliphatic carbocycles.